The Morgan fingerprint density at radius 1 is 0.933 bits per heavy atom. The highest BCUT2D eigenvalue weighted by atomic mass is 79.9. The minimum atomic E-state index is -4.37. The fourth-order valence-corrected chi connectivity index (χ4v) is 4.02. The molecular weight excluding hydrogens is 477 g/mol. The Kier molecular flexibility index (Phi) is 5.92. The molecule has 9 heteroatoms. The van der Waals surface area contributed by atoms with Gasteiger partial charge < -0.3 is 0 Å². The van der Waals surface area contributed by atoms with Gasteiger partial charge >= 0.3 is 6.18 Å². The van der Waals surface area contributed by atoms with E-state index in [2.05, 4.69) is 31.1 Å². The van der Waals surface area contributed by atoms with Crippen LogP contribution in [0.4, 0.5) is 13.2 Å². The van der Waals surface area contributed by atoms with Gasteiger partial charge in [-0.2, -0.15) is 13.2 Å². The van der Waals surface area contributed by atoms with E-state index in [0.29, 0.717) is 22.3 Å². The smallest absolute Gasteiger partial charge is 0.270 e. The zero-order valence-electron chi connectivity index (χ0n) is 15.3. The third kappa shape index (κ3) is 4.57. The Labute approximate surface area is 183 Å². The molecular formula is C21H14BrF3N4S. The van der Waals surface area contributed by atoms with E-state index < -0.39 is 11.7 Å². The Bertz CT molecular complexity index is 1150. The molecule has 0 unspecified atom stereocenters. The molecule has 2 heterocycles. The molecule has 2 aromatic carbocycles. The molecule has 0 aliphatic rings. The number of thioether (sulfide) groups is 1. The first-order valence-electron chi connectivity index (χ1n) is 8.82. The van der Waals surface area contributed by atoms with E-state index in [1.165, 1.54) is 17.8 Å². The van der Waals surface area contributed by atoms with Crippen molar-refractivity contribution in [2.24, 2.45) is 0 Å². The predicted molar refractivity (Wildman–Crippen MR) is 113 cm³/mol. The van der Waals surface area contributed by atoms with Crippen LogP contribution in [0.5, 0.6) is 0 Å². The van der Waals surface area contributed by atoms with Crippen molar-refractivity contribution >= 4 is 27.7 Å². The Morgan fingerprint density at radius 2 is 1.67 bits per heavy atom. The summed E-state index contributed by atoms with van der Waals surface area (Å²) in [5.74, 6) is 0.959. The van der Waals surface area contributed by atoms with Crippen LogP contribution in [-0.4, -0.2) is 19.7 Å². The molecule has 0 bridgehead atoms. The Hall–Kier alpha value is -2.65. The average Bonchev–Trinajstić information content (AvgIpc) is 3.17. The van der Waals surface area contributed by atoms with Gasteiger partial charge in [0.2, 0.25) is 0 Å². The highest BCUT2D eigenvalue weighted by Gasteiger charge is 2.30. The molecule has 4 rings (SSSR count). The molecule has 0 saturated heterocycles. The fraction of sp³-hybridized carbons (Fsp3) is 0.0952. The molecule has 4 nitrogen and oxygen atoms in total. The largest absolute Gasteiger partial charge is 0.416 e. The van der Waals surface area contributed by atoms with Gasteiger partial charge in [-0.25, -0.2) is 0 Å². The number of halogens is 4. The summed E-state index contributed by atoms with van der Waals surface area (Å²) in [5.41, 5.74) is 1.59. The van der Waals surface area contributed by atoms with Crippen LogP contribution in [0, 0.1) is 0 Å². The van der Waals surface area contributed by atoms with Gasteiger partial charge in [0.05, 0.1) is 5.56 Å². The van der Waals surface area contributed by atoms with Crippen molar-refractivity contribution in [1.82, 2.24) is 19.7 Å². The zero-order chi connectivity index (χ0) is 21.1. The van der Waals surface area contributed by atoms with Crippen molar-refractivity contribution in [3.63, 3.8) is 0 Å². The number of hydrogen-bond donors (Lipinski definition) is 0. The lowest BCUT2D eigenvalue weighted by molar-refractivity contribution is -0.137. The van der Waals surface area contributed by atoms with Gasteiger partial charge in [-0.05, 0) is 48.0 Å². The SMILES string of the molecule is FC(F)(F)c1cccc(CSc2nnc(-c3ccncc3)n2-c2ccc(Br)cc2)c1. The summed E-state index contributed by atoms with van der Waals surface area (Å²) >= 11 is 4.76. The molecule has 0 saturated carbocycles. The molecule has 0 radical (unpaired) electrons. The van der Waals surface area contributed by atoms with E-state index in [4.69, 9.17) is 0 Å². The van der Waals surface area contributed by atoms with Crippen LogP contribution in [0.3, 0.4) is 0 Å². The van der Waals surface area contributed by atoms with Gasteiger partial charge in [0.25, 0.3) is 0 Å². The van der Waals surface area contributed by atoms with Crippen LogP contribution in [0.15, 0.2) is 82.7 Å². The minimum Gasteiger partial charge on any atom is -0.270 e. The normalized spacial score (nSPS) is 11.6. The molecule has 4 aromatic rings. The van der Waals surface area contributed by atoms with E-state index in [1.807, 2.05) is 41.0 Å². The maximum absolute atomic E-state index is 13.0. The lowest BCUT2D eigenvalue weighted by Gasteiger charge is -2.11. The number of alkyl halides is 3. The van der Waals surface area contributed by atoms with Crippen LogP contribution in [0.1, 0.15) is 11.1 Å². The first-order valence-corrected chi connectivity index (χ1v) is 10.6. The van der Waals surface area contributed by atoms with Gasteiger partial charge in [-0.1, -0.05) is 45.9 Å². The van der Waals surface area contributed by atoms with E-state index in [9.17, 15) is 13.2 Å². The van der Waals surface area contributed by atoms with Gasteiger partial charge in [0.1, 0.15) is 0 Å². The van der Waals surface area contributed by atoms with Crippen LogP contribution >= 0.6 is 27.7 Å². The van der Waals surface area contributed by atoms with Crippen molar-refractivity contribution in [1.29, 1.82) is 0 Å². The van der Waals surface area contributed by atoms with Gasteiger partial charge in [-0.3, -0.25) is 9.55 Å². The molecule has 152 valence electrons. The third-order valence-corrected chi connectivity index (χ3v) is 5.81. The quantitative estimate of drug-likeness (QED) is 0.303. The van der Waals surface area contributed by atoms with E-state index in [-0.39, 0.29) is 0 Å². The van der Waals surface area contributed by atoms with Crippen molar-refractivity contribution in [3.05, 3.63) is 88.7 Å². The van der Waals surface area contributed by atoms with Crippen molar-refractivity contribution in [2.45, 2.75) is 17.1 Å². The molecule has 30 heavy (non-hydrogen) atoms. The van der Waals surface area contributed by atoms with E-state index in [1.54, 1.807) is 18.5 Å². The highest BCUT2D eigenvalue weighted by molar-refractivity contribution is 9.10. The van der Waals surface area contributed by atoms with E-state index >= 15 is 0 Å². The zero-order valence-corrected chi connectivity index (χ0v) is 17.7. The molecule has 0 fully saturated rings. The maximum atomic E-state index is 13.0. The Balaban J connectivity index is 1.69. The second-order valence-electron chi connectivity index (χ2n) is 6.34. The predicted octanol–water partition coefficient (Wildman–Crippen LogP) is 6.40. The third-order valence-electron chi connectivity index (χ3n) is 4.28. The summed E-state index contributed by atoms with van der Waals surface area (Å²) in [4.78, 5) is 4.03. The topological polar surface area (TPSA) is 43.6 Å². The summed E-state index contributed by atoms with van der Waals surface area (Å²) in [7, 11) is 0. The molecule has 2 aromatic heterocycles. The van der Waals surface area contributed by atoms with E-state index in [0.717, 1.165) is 27.9 Å². The summed E-state index contributed by atoms with van der Waals surface area (Å²) in [6.45, 7) is 0. The first-order chi connectivity index (χ1) is 14.4. The van der Waals surface area contributed by atoms with Gasteiger partial charge in [0, 0.05) is 33.9 Å². The number of aromatic nitrogens is 4. The summed E-state index contributed by atoms with van der Waals surface area (Å²) in [5, 5.41) is 9.21. The summed E-state index contributed by atoms with van der Waals surface area (Å²) in [6, 6.07) is 16.7. The second kappa shape index (κ2) is 8.61. The van der Waals surface area contributed by atoms with Gasteiger partial charge in [0.15, 0.2) is 11.0 Å². The highest BCUT2D eigenvalue weighted by Crippen LogP contribution is 2.33. The summed E-state index contributed by atoms with van der Waals surface area (Å²) in [6.07, 6.45) is -1.02. The molecule has 0 aliphatic carbocycles. The van der Waals surface area contributed by atoms with Crippen molar-refractivity contribution in [2.75, 3.05) is 0 Å². The number of rotatable bonds is 5. The molecule has 0 atom stereocenters. The number of benzene rings is 2. The standard InChI is InChI=1S/C21H14BrF3N4S/c22-17-4-6-18(7-5-17)29-19(15-8-10-26-11-9-15)27-28-20(29)30-13-14-2-1-3-16(12-14)21(23,24)25/h1-12H,13H2. The summed E-state index contributed by atoms with van der Waals surface area (Å²) < 4.78 is 41.8. The van der Waals surface area contributed by atoms with Crippen LogP contribution in [-0.2, 0) is 11.9 Å². The minimum absolute atomic E-state index is 0.328. The molecule has 0 aliphatic heterocycles. The second-order valence-corrected chi connectivity index (χ2v) is 8.20. The molecule has 0 spiro atoms. The van der Waals surface area contributed by atoms with Gasteiger partial charge in [-0.15, -0.1) is 10.2 Å². The lowest BCUT2D eigenvalue weighted by Crippen LogP contribution is -2.05. The van der Waals surface area contributed by atoms with Crippen molar-refractivity contribution < 1.29 is 13.2 Å². The monoisotopic (exact) mass is 490 g/mol. The van der Waals surface area contributed by atoms with Crippen LogP contribution < -0.4 is 0 Å². The number of nitrogens with zero attached hydrogens (tertiary/aromatic N) is 4. The lowest BCUT2D eigenvalue weighted by atomic mass is 10.1. The number of hydrogen-bond acceptors (Lipinski definition) is 4. The molecule has 0 N–H and O–H groups in total. The maximum Gasteiger partial charge on any atom is 0.416 e. The average molecular weight is 491 g/mol. The fourth-order valence-electron chi connectivity index (χ4n) is 2.86. The van der Waals surface area contributed by atoms with Crippen LogP contribution in [0.2, 0.25) is 0 Å². The van der Waals surface area contributed by atoms with Crippen molar-refractivity contribution in [3.8, 4) is 17.1 Å². The molecule has 0 amide bonds. The van der Waals surface area contributed by atoms with Crippen LogP contribution in [0.25, 0.3) is 17.1 Å². The number of pyridine rings is 1. The first kappa shape index (κ1) is 20.6. The Morgan fingerprint density at radius 3 is 2.37 bits per heavy atom.